The predicted molar refractivity (Wildman–Crippen MR) is 135 cm³/mol. The fraction of sp³-hybridized carbons (Fsp3) is 0.367. The number of benzene rings is 2. The first-order chi connectivity index (χ1) is 17.6. The lowest BCUT2D eigenvalue weighted by molar-refractivity contribution is -0.120. The van der Waals surface area contributed by atoms with Crippen LogP contribution in [0.1, 0.15) is 66.2 Å². The molecular weight excluding hydrogens is 452 g/mol. The molecule has 1 N–H and O–H groups in total. The quantitative estimate of drug-likeness (QED) is 0.490. The third kappa shape index (κ3) is 3.76. The van der Waals surface area contributed by atoms with E-state index in [-0.39, 0.29) is 23.8 Å². The minimum atomic E-state index is -0.0186. The first-order valence-corrected chi connectivity index (χ1v) is 13.0. The van der Waals surface area contributed by atoms with E-state index >= 15 is 0 Å². The molecule has 1 fully saturated rings. The van der Waals surface area contributed by atoms with E-state index in [9.17, 15) is 9.59 Å². The number of rotatable bonds is 6. The van der Waals surface area contributed by atoms with Crippen LogP contribution in [-0.2, 0) is 22.4 Å². The van der Waals surface area contributed by atoms with E-state index in [1.165, 1.54) is 11.1 Å². The molecule has 0 saturated heterocycles. The van der Waals surface area contributed by atoms with Gasteiger partial charge < -0.3 is 14.8 Å². The molecule has 36 heavy (non-hydrogen) atoms. The van der Waals surface area contributed by atoms with Crippen molar-refractivity contribution < 1.29 is 19.1 Å². The van der Waals surface area contributed by atoms with Gasteiger partial charge in [-0.2, -0.15) is 0 Å². The number of carbonyl (C=O) groups is 2. The standard InChI is InChI=1S/C30H28N2O4/c33-19(14-18-6-3-5-17-4-1-2-7-21(17)18)15-24-28-23-16-20(8-10-25(23)36-29(24)28)35-26-12-13-31-30-22(26)9-11-27(34)32-30/h1-2,4,7-8,10,12-13,16,18,24,28-29H,3,5-6,9,11,14-15H2,(H,31,32,34)/t18-,24?,28-,29+/m0/s1. The van der Waals surface area contributed by atoms with Gasteiger partial charge in [-0.3, -0.25) is 9.59 Å². The smallest absolute Gasteiger partial charge is 0.225 e. The predicted octanol–water partition coefficient (Wildman–Crippen LogP) is 5.70. The number of aromatic nitrogens is 1. The number of ether oxygens (including phenoxy) is 2. The molecule has 2 aromatic carbocycles. The molecule has 2 aliphatic heterocycles. The Bertz CT molecular complexity index is 1380. The molecule has 4 aliphatic rings. The van der Waals surface area contributed by atoms with Gasteiger partial charge in [0.1, 0.15) is 35.0 Å². The van der Waals surface area contributed by atoms with Crippen molar-refractivity contribution in [2.45, 2.75) is 62.9 Å². The number of hydrogen-bond donors (Lipinski definition) is 1. The van der Waals surface area contributed by atoms with Crippen molar-refractivity contribution in [2.24, 2.45) is 5.92 Å². The van der Waals surface area contributed by atoms with Crippen LogP contribution in [0.25, 0.3) is 0 Å². The lowest BCUT2D eigenvalue weighted by atomic mass is 9.80. The van der Waals surface area contributed by atoms with E-state index in [2.05, 4.69) is 40.6 Å². The molecule has 0 bridgehead atoms. The van der Waals surface area contributed by atoms with Crippen LogP contribution in [0.3, 0.4) is 0 Å². The number of Topliss-reactive ketones (excluding diaryl/α,β-unsaturated/α-hetero) is 1. The Hall–Kier alpha value is -3.67. The van der Waals surface area contributed by atoms with Crippen LogP contribution < -0.4 is 14.8 Å². The van der Waals surface area contributed by atoms with Crippen molar-refractivity contribution in [1.29, 1.82) is 0 Å². The Morgan fingerprint density at radius 1 is 1.06 bits per heavy atom. The number of amides is 1. The van der Waals surface area contributed by atoms with Crippen molar-refractivity contribution in [3.8, 4) is 17.2 Å². The van der Waals surface area contributed by atoms with Crippen LogP contribution in [0.15, 0.2) is 54.7 Å². The summed E-state index contributed by atoms with van der Waals surface area (Å²) in [5.41, 5.74) is 4.84. The number of nitrogens with zero attached hydrogens (tertiary/aromatic N) is 1. The molecule has 0 radical (unpaired) electrons. The van der Waals surface area contributed by atoms with Gasteiger partial charge in [0.2, 0.25) is 5.91 Å². The van der Waals surface area contributed by atoms with E-state index in [1.807, 2.05) is 18.2 Å². The summed E-state index contributed by atoms with van der Waals surface area (Å²) in [4.78, 5) is 29.1. The maximum absolute atomic E-state index is 13.1. The Balaban J connectivity index is 1.03. The zero-order valence-corrected chi connectivity index (χ0v) is 20.0. The average Bonchev–Trinajstić information content (AvgIpc) is 3.40. The average molecular weight is 481 g/mol. The lowest BCUT2D eigenvalue weighted by Crippen LogP contribution is -2.20. The van der Waals surface area contributed by atoms with E-state index in [1.54, 1.807) is 6.20 Å². The van der Waals surface area contributed by atoms with Crippen LogP contribution >= 0.6 is 0 Å². The van der Waals surface area contributed by atoms with Gasteiger partial charge in [0.15, 0.2) is 0 Å². The fourth-order valence-corrected chi connectivity index (χ4v) is 6.43. The van der Waals surface area contributed by atoms with Crippen LogP contribution in [0.4, 0.5) is 5.82 Å². The first kappa shape index (κ1) is 21.6. The van der Waals surface area contributed by atoms with Gasteiger partial charge in [0.05, 0.1) is 0 Å². The minimum absolute atomic E-state index is 0.0186. The molecule has 3 heterocycles. The maximum Gasteiger partial charge on any atom is 0.225 e. The molecular formula is C30H28N2O4. The van der Waals surface area contributed by atoms with Gasteiger partial charge in [-0.05, 0) is 67.0 Å². The van der Waals surface area contributed by atoms with Gasteiger partial charge in [-0.1, -0.05) is 24.3 Å². The van der Waals surface area contributed by atoms with Crippen molar-refractivity contribution in [3.63, 3.8) is 0 Å². The zero-order chi connectivity index (χ0) is 24.2. The van der Waals surface area contributed by atoms with Crippen LogP contribution in [0.2, 0.25) is 0 Å². The third-order valence-corrected chi connectivity index (χ3v) is 8.23. The molecule has 0 spiro atoms. The largest absolute Gasteiger partial charge is 0.489 e. The van der Waals surface area contributed by atoms with Gasteiger partial charge in [0, 0.05) is 48.4 Å². The molecule has 1 amide bonds. The normalized spacial score (nSPS) is 24.9. The Labute approximate surface area is 210 Å². The molecule has 2 aliphatic carbocycles. The molecule has 4 atom stereocenters. The molecule has 6 heteroatoms. The number of ketones is 1. The summed E-state index contributed by atoms with van der Waals surface area (Å²) in [6, 6.07) is 16.4. The summed E-state index contributed by atoms with van der Waals surface area (Å²) in [6.07, 6.45) is 7.39. The number of pyridine rings is 1. The van der Waals surface area contributed by atoms with E-state index in [0.29, 0.717) is 49.0 Å². The Kier molecular flexibility index (Phi) is 5.08. The van der Waals surface area contributed by atoms with Crippen LogP contribution in [0.5, 0.6) is 17.2 Å². The number of aryl methyl sites for hydroxylation is 1. The molecule has 6 nitrogen and oxygen atoms in total. The lowest BCUT2D eigenvalue weighted by Gasteiger charge is -2.25. The van der Waals surface area contributed by atoms with Crippen molar-refractivity contribution in [1.82, 2.24) is 4.98 Å². The molecule has 3 aromatic rings. The zero-order valence-electron chi connectivity index (χ0n) is 20.0. The number of nitrogens with one attached hydrogen (secondary N) is 1. The van der Waals surface area contributed by atoms with E-state index in [4.69, 9.17) is 9.47 Å². The van der Waals surface area contributed by atoms with Gasteiger partial charge >= 0.3 is 0 Å². The van der Waals surface area contributed by atoms with Gasteiger partial charge in [-0.15, -0.1) is 0 Å². The highest BCUT2D eigenvalue weighted by Gasteiger charge is 2.59. The molecule has 1 aromatic heterocycles. The summed E-state index contributed by atoms with van der Waals surface area (Å²) < 4.78 is 12.4. The summed E-state index contributed by atoms with van der Waals surface area (Å²) in [5, 5.41) is 2.82. The highest BCUT2D eigenvalue weighted by molar-refractivity contribution is 5.93. The third-order valence-electron chi connectivity index (χ3n) is 8.23. The number of carbonyl (C=O) groups excluding carboxylic acids is 2. The summed E-state index contributed by atoms with van der Waals surface area (Å²) >= 11 is 0. The van der Waals surface area contributed by atoms with Crippen LogP contribution in [0, 0.1) is 5.92 Å². The summed E-state index contributed by atoms with van der Waals surface area (Å²) in [5.74, 6) is 4.12. The van der Waals surface area contributed by atoms with Gasteiger partial charge in [0.25, 0.3) is 0 Å². The highest BCUT2D eigenvalue weighted by atomic mass is 16.5. The topological polar surface area (TPSA) is 77.5 Å². The maximum atomic E-state index is 13.1. The second-order valence-electron chi connectivity index (χ2n) is 10.5. The molecule has 7 rings (SSSR count). The molecule has 1 unspecified atom stereocenters. The van der Waals surface area contributed by atoms with Gasteiger partial charge in [-0.25, -0.2) is 4.98 Å². The second-order valence-corrected chi connectivity index (χ2v) is 10.5. The summed E-state index contributed by atoms with van der Waals surface area (Å²) in [6.45, 7) is 0. The van der Waals surface area contributed by atoms with Crippen molar-refractivity contribution >= 4 is 17.5 Å². The number of anilines is 1. The number of hydrogen-bond acceptors (Lipinski definition) is 5. The van der Waals surface area contributed by atoms with Crippen molar-refractivity contribution in [2.75, 3.05) is 5.32 Å². The minimum Gasteiger partial charge on any atom is -0.489 e. The second kappa shape index (κ2) is 8.47. The summed E-state index contributed by atoms with van der Waals surface area (Å²) in [7, 11) is 0. The molecule has 1 saturated carbocycles. The monoisotopic (exact) mass is 480 g/mol. The Morgan fingerprint density at radius 2 is 1.97 bits per heavy atom. The number of fused-ring (bicyclic) bond motifs is 5. The van der Waals surface area contributed by atoms with Crippen LogP contribution in [-0.4, -0.2) is 22.8 Å². The Morgan fingerprint density at radius 3 is 2.92 bits per heavy atom. The van der Waals surface area contributed by atoms with E-state index in [0.717, 1.165) is 41.9 Å². The highest BCUT2D eigenvalue weighted by Crippen LogP contribution is 2.60. The first-order valence-electron chi connectivity index (χ1n) is 13.0. The van der Waals surface area contributed by atoms with E-state index < -0.39 is 0 Å². The molecule has 182 valence electrons. The van der Waals surface area contributed by atoms with Crippen molar-refractivity contribution in [3.05, 3.63) is 77.0 Å². The fourth-order valence-electron chi connectivity index (χ4n) is 6.43. The SMILES string of the molecule is O=C(CC1[C@H]2Oc3ccc(Oc4ccnc5c4CCC(=O)N5)cc3[C@@H]12)C[C@@H]1CCCc2ccccc21.